The fourth-order valence-electron chi connectivity index (χ4n) is 1.44. The van der Waals surface area contributed by atoms with Crippen LogP contribution in [0.2, 0.25) is 0 Å². The summed E-state index contributed by atoms with van der Waals surface area (Å²) in [5.74, 6) is 0.165. The largest absolute Gasteiger partial charge is 0.459 e. The molecule has 0 atom stereocenters. The summed E-state index contributed by atoms with van der Waals surface area (Å²) in [5.41, 5.74) is 2.63. The Balaban J connectivity index is 2.18. The van der Waals surface area contributed by atoms with Crippen molar-refractivity contribution in [1.82, 2.24) is 0 Å². The number of amides is 1. The van der Waals surface area contributed by atoms with E-state index in [0.717, 1.165) is 16.8 Å². The minimum Gasteiger partial charge on any atom is -0.459 e. The van der Waals surface area contributed by atoms with E-state index in [-0.39, 0.29) is 5.91 Å². The zero-order valence-corrected chi connectivity index (χ0v) is 9.28. The maximum Gasteiger partial charge on any atom is 0.291 e. The maximum atomic E-state index is 11.8. The molecule has 1 N–H and O–H groups in total. The van der Waals surface area contributed by atoms with Crippen molar-refractivity contribution >= 4 is 11.6 Å². The van der Waals surface area contributed by atoms with Gasteiger partial charge in [0.2, 0.25) is 0 Å². The Kier molecular flexibility index (Phi) is 2.77. The van der Waals surface area contributed by atoms with E-state index in [9.17, 15) is 4.79 Å². The van der Waals surface area contributed by atoms with Crippen LogP contribution in [0.3, 0.4) is 0 Å². The van der Waals surface area contributed by atoms with Gasteiger partial charge in [0, 0.05) is 11.3 Å². The average Bonchev–Trinajstić information content (AvgIpc) is 2.61. The van der Waals surface area contributed by atoms with E-state index in [1.807, 2.05) is 44.2 Å². The number of furan rings is 1. The fourth-order valence-corrected chi connectivity index (χ4v) is 1.44. The lowest BCUT2D eigenvalue weighted by Crippen LogP contribution is -2.12. The Morgan fingerprint density at radius 3 is 2.44 bits per heavy atom. The zero-order valence-electron chi connectivity index (χ0n) is 9.28. The number of rotatable bonds is 2. The van der Waals surface area contributed by atoms with E-state index in [0.29, 0.717) is 5.76 Å². The molecule has 0 saturated heterocycles. The smallest absolute Gasteiger partial charge is 0.291 e. The Labute approximate surface area is 94.1 Å². The highest BCUT2D eigenvalue weighted by Gasteiger charge is 2.14. The minimum atomic E-state index is -0.211. The first kappa shape index (κ1) is 10.5. The van der Waals surface area contributed by atoms with Gasteiger partial charge < -0.3 is 9.73 Å². The Hall–Kier alpha value is -2.03. The number of aryl methyl sites for hydroxylation is 1. The molecule has 0 spiro atoms. The van der Waals surface area contributed by atoms with Crippen LogP contribution in [0.5, 0.6) is 0 Å². The lowest BCUT2D eigenvalue weighted by atomic mass is 10.2. The molecule has 0 fully saturated rings. The normalized spacial score (nSPS) is 10.1. The second kappa shape index (κ2) is 4.23. The van der Waals surface area contributed by atoms with Gasteiger partial charge >= 0.3 is 0 Å². The summed E-state index contributed by atoms with van der Waals surface area (Å²) >= 11 is 0. The van der Waals surface area contributed by atoms with Crippen LogP contribution in [0.25, 0.3) is 0 Å². The number of nitrogens with one attached hydrogen (secondary N) is 1. The number of hydrogen-bond acceptors (Lipinski definition) is 2. The molecule has 0 aliphatic heterocycles. The average molecular weight is 215 g/mol. The third-order valence-corrected chi connectivity index (χ3v) is 2.52. The lowest BCUT2D eigenvalue weighted by molar-refractivity contribution is 0.0996. The van der Waals surface area contributed by atoms with Gasteiger partial charge in [0.25, 0.3) is 5.91 Å². The van der Waals surface area contributed by atoms with E-state index < -0.39 is 0 Å². The second-order valence-electron chi connectivity index (χ2n) is 3.69. The van der Waals surface area contributed by atoms with Crippen LogP contribution in [0.15, 0.2) is 41.0 Å². The quantitative estimate of drug-likeness (QED) is 0.836. The van der Waals surface area contributed by atoms with E-state index in [1.54, 1.807) is 6.26 Å². The van der Waals surface area contributed by atoms with Crippen LogP contribution in [0.4, 0.5) is 5.69 Å². The van der Waals surface area contributed by atoms with Crippen molar-refractivity contribution in [3.05, 3.63) is 53.5 Å². The van der Waals surface area contributed by atoms with Crippen molar-refractivity contribution in [2.24, 2.45) is 0 Å². The van der Waals surface area contributed by atoms with Gasteiger partial charge in [-0.05, 0) is 31.5 Å². The third-order valence-electron chi connectivity index (χ3n) is 2.52. The standard InChI is InChI=1S/C13H13NO2/c1-9-8-16-12(10(9)2)13(15)14-11-6-4-3-5-7-11/h3-8H,1-2H3,(H,14,15). The van der Waals surface area contributed by atoms with Crippen LogP contribution in [0.1, 0.15) is 21.7 Å². The number of anilines is 1. The van der Waals surface area contributed by atoms with Gasteiger partial charge in [-0.15, -0.1) is 0 Å². The number of hydrogen-bond donors (Lipinski definition) is 1. The fraction of sp³-hybridized carbons (Fsp3) is 0.154. The van der Waals surface area contributed by atoms with Crippen LogP contribution in [0, 0.1) is 13.8 Å². The number of benzene rings is 1. The summed E-state index contributed by atoms with van der Waals surface area (Å²) < 4.78 is 5.22. The van der Waals surface area contributed by atoms with Crippen molar-refractivity contribution in [3.8, 4) is 0 Å². The molecule has 0 saturated carbocycles. The van der Waals surface area contributed by atoms with Gasteiger partial charge in [0.15, 0.2) is 5.76 Å². The van der Waals surface area contributed by atoms with Gasteiger partial charge in [-0.1, -0.05) is 18.2 Å². The topological polar surface area (TPSA) is 42.2 Å². The van der Waals surface area contributed by atoms with Gasteiger partial charge in [0.05, 0.1) is 6.26 Å². The molecule has 1 heterocycles. The van der Waals surface area contributed by atoms with E-state index in [4.69, 9.17) is 4.42 Å². The molecule has 16 heavy (non-hydrogen) atoms. The minimum absolute atomic E-state index is 0.211. The van der Waals surface area contributed by atoms with Crippen LogP contribution >= 0.6 is 0 Å². The third kappa shape index (κ3) is 1.98. The van der Waals surface area contributed by atoms with Crippen molar-refractivity contribution in [2.75, 3.05) is 5.32 Å². The molecule has 1 amide bonds. The van der Waals surface area contributed by atoms with Crippen molar-refractivity contribution in [2.45, 2.75) is 13.8 Å². The molecule has 0 aliphatic rings. The Morgan fingerprint density at radius 2 is 1.88 bits per heavy atom. The number of carbonyl (C=O) groups is 1. The molecule has 0 radical (unpaired) electrons. The molecule has 3 nitrogen and oxygen atoms in total. The van der Waals surface area contributed by atoms with Gasteiger partial charge in [-0.3, -0.25) is 4.79 Å². The maximum absolute atomic E-state index is 11.8. The first-order valence-electron chi connectivity index (χ1n) is 5.09. The molecule has 1 aromatic carbocycles. The molecule has 2 rings (SSSR count). The van der Waals surface area contributed by atoms with Gasteiger partial charge in [0.1, 0.15) is 0 Å². The van der Waals surface area contributed by atoms with E-state index in [2.05, 4.69) is 5.32 Å². The van der Waals surface area contributed by atoms with Crippen LogP contribution in [-0.4, -0.2) is 5.91 Å². The molecule has 0 unspecified atom stereocenters. The molecule has 1 aromatic heterocycles. The molecule has 3 heteroatoms. The number of carbonyl (C=O) groups excluding carboxylic acids is 1. The van der Waals surface area contributed by atoms with Crippen molar-refractivity contribution < 1.29 is 9.21 Å². The highest BCUT2D eigenvalue weighted by atomic mass is 16.3. The lowest BCUT2D eigenvalue weighted by Gasteiger charge is -2.03. The van der Waals surface area contributed by atoms with Crippen LogP contribution in [-0.2, 0) is 0 Å². The molecule has 82 valence electrons. The monoisotopic (exact) mass is 215 g/mol. The zero-order chi connectivity index (χ0) is 11.5. The predicted molar refractivity (Wildman–Crippen MR) is 62.6 cm³/mol. The summed E-state index contributed by atoms with van der Waals surface area (Å²) in [7, 11) is 0. The van der Waals surface area contributed by atoms with E-state index in [1.165, 1.54) is 0 Å². The molecular formula is C13H13NO2. The van der Waals surface area contributed by atoms with Gasteiger partial charge in [-0.2, -0.15) is 0 Å². The first-order chi connectivity index (χ1) is 7.68. The summed E-state index contributed by atoms with van der Waals surface area (Å²) in [6.45, 7) is 3.79. The van der Waals surface area contributed by atoms with Crippen molar-refractivity contribution in [3.63, 3.8) is 0 Å². The second-order valence-corrected chi connectivity index (χ2v) is 3.69. The Bertz CT molecular complexity index is 500. The summed E-state index contributed by atoms with van der Waals surface area (Å²) in [5, 5.41) is 2.78. The summed E-state index contributed by atoms with van der Waals surface area (Å²) in [4.78, 5) is 11.8. The van der Waals surface area contributed by atoms with Crippen molar-refractivity contribution in [1.29, 1.82) is 0 Å². The van der Waals surface area contributed by atoms with Crippen LogP contribution < -0.4 is 5.32 Å². The molecule has 0 aliphatic carbocycles. The highest BCUT2D eigenvalue weighted by Crippen LogP contribution is 2.16. The molecule has 0 bridgehead atoms. The highest BCUT2D eigenvalue weighted by molar-refractivity contribution is 6.03. The summed E-state index contributed by atoms with van der Waals surface area (Å²) in [6, 6.07) is 9.32. The molecule has 2 aromatic rings. The number of para-hydroxylation sites is 1. The van der Waals surface area contributed by atoms with Gasteiger partial charge in [-0.25, -0.2) is 0 Å². The predicted octanol–water partition coefficient (Wildman–Crippen LogP) is 3.15. The van der Waals surface area contributed by atoms with E-state index >= 15 is 0 Å². The molecular weight excluding hydrogens is 202 g/mol. The Morgan fingerprint density at radius 1 is 1.19 bits per heavy atom. The summed E-state index contributed by atoms with van der Waals surface area (Å²) in [6.07, 6.45) is 1.59. The first-order valence-corrected chi connectivity index (χ1v) is 5.09. The SMILES string of the molecule is Cc1coc(C(=O)Nc2ccccc2)c1C.